The Balaban J connectivity index is 1.71. The first-order valence-corrected chi connectivity index (χ1v) is 21.2. The van der Waals surface area contributed by atoms with Crippen molar-refractivity contribution in [1.82, 2.24) is 5.01 Å². The van der Waals surface area contributed by atoms with Gasteiger partial charge in [-0.05, 0) is 32.4 Å². The monoisotopic (exact) mass is 887 g/mol. The van der Waals surface area contributed by atoms with E-state index in [1.807, 2.05) is 6.07 Å². The number of fused-ring (bicyclic) bond motifs is 14. The molecule has 16 heteroatoms. The third kappa shape index (κ3) is 9.60. The molecule has 1 amide bonds. The van der Waals surface area contributed by atoms with E-state index >= 15 is 0 Å². The maximum Gasteiger partial charge on any atom is 0.312 e. The molecule has 0 aromatic heterocycles. The predicted octanol–water partition coefficient (Wildman–Crippen LogP) is 6.14. The fourth-order valence-electron chi connectivity index (χ4n) is 8.26. The first-order chi connectivity index (χ1) is 30.1. The SMILES string of the molecule is CO[C@H]1/C=C/O[C@@]2(C)Oc3c(C)c(O)c4c(O)c(c(C=NN(C)C(C)C(O)c5ccccc5)c(O)c4c3C2=O)NC(=O)/C(C)=C\C=C\[C@H](C)[C@H](O)[C@@H](C)[C@@H](O)[C@@H](C)[C@H](OC(C)=O)[C@@H]1C. The number of nitrogens with one attached hydrogen (secondary N) is 1. The number of ketones is 1. The zero-order valence-corrected chi connectivity index (χ0v) is 38.1. The van der Waals surface area contributed by atoms with E-state index in [2.05, 4.69) is 10.4 Å². The van der Waals surface area contributed by atoms with Crippen LogP contribution in [0.25, 0.3) is 10.8 Å². The Hall–Kier alpha value is -5.94. The Morgan fingerprint density at radius 3 is 2.23 bits per heavy atom. The minimum absolute atomic E-state index is 0.0152. The summed E-state index contributed by atoms with van der Waals surface area (Å²) in [4.78, 5) is 40.8. The summed E-state index contributed by atoms with van der Waals surface area (Å²) in [6.45, 7) is 14.1. The molecule has 0 radical (unpaired) electrons. The average Bonchev–Trinajstić information content (AvgIpc) is 3.53. The zero-order chi connectivity index (χ0) is 47.5. The highest BCUT2D eigenvalue weighted by Crippen LogP contribution is 2.55. The number of hydrazone groups is 1. The molecular formula is C48H61N3O13. The third-order valence-electron chi connectivity index (χ3n) is 12.6. The molecule has 64 heavy (non-hydrogen) atoms. The molecule has 5 bridgehead atoms. The Morgan fingerprint density at radius 2 is 1.61 bits per heavy atom. The van der Waals surface area contributed by atoms with E-state index in [-0.39, 0.29) is 44.5 Å². The summed E-state index contributed by atoms with van der Waals surface area (Å²) in [7, 11) is 3.00. The molecule has 3 aromatic rings. The Kier molecular flexibility index (Phi) is 15.2. The number of methoxy groups -OCH3 is 1. The maximum atomic E-state index is 14.5. The number of aliphatic hydroxyl groups excluding tert-OH is 3. The van der Waals surface area contributed by atoms with Crippen LogP contribution in [-0.4, -0.2) is 110 Å². The van der Waals surface area contributed by atoms with Crippen LogP contribution in [0.3, 0.4) is 0 Å². The summed E-state index contributed by atoms with van der Waals surface area (Å²) in [6, 6.07) is 8.28. The van der Waals surface area contributed by atoms with Crippen LogP contribution in [-0.2, 0) is 23.8 Å². The molecule has 0 saturated carbocycles. The number of aliphatic hydroxyl groups is 3. The number of amides is 1. The number of carbonyl (C=O) groups is 3. The molecule has 3 aliphatic heterocycles. The minimum atomic E-state index is -2.09. The van der Waals surface area contributed by atoms with Crippen molar-refractivity contribution in [2.75, 3.05) is 19.5 Å². The molecule has 3 heterocycles. The van der Waals surface area contributed by atoms with Crippen molar-refractivity contribution in [3.63, 3.8) is 0 Å². The van der Waals surface area contributed by atoms with Gasteiger partial charge in [0.2, 0.25) is 0 Å². The largest absolute Gasteiger partial charge is 0.507 e. The molecule has 346 valence electrons. The molecule has 0 spiro atoms. The number of carbonyl (C=O) groups excluding carboxylic acids is 3. The second-order valence-electron chi connectivity index (χ2n) is 17.0. The number of aromatic hydroxyl groups is 3. The van der Waals surface area contributed by atoms with Crippen LogP contribution < -0.4 is 10.1 Å². The smallest absolute Gasteiger partial charge is 0.312 e. The lowest BCUT2D eigenvalue weighted by atomic mass is 9.78. The summed E-state index contributed by atoms with van der Waals surface area (Å²) in [5.74, 6) is -8.88. The van der Waals surface area contributed by atoms with E-state index in [4.69, 9.17) is 18.9 Å². The zero-order valence-electron chi connectivity index (χ0n) is 38.1. The van der Waals surface area contributed by atoms with Crippen molar-refractivity contribution in [2.45, 2.75) is 105 Å². The van der Waals surface area contributed by atoms with Crippen LogP contribution in [0.5, 0.6) is 23.0 Å². The number of phenolic OH excluding ortho intramolecular Hbond substituents is 3. The van der Waals surface area contributed by atoms with E-state index in [9.17, 15) is 45.0 Å². The Labute approximate surface area is 373 Å². The van der Waals surface area contributed by atoms with Gasteiger partial charge in [0.1, 0.15) is 29.5 Å². The van der Waals surface area contributed by atoms with Gasteiger partial charge >= 0.3 is 11.8 Å². The van der Waals surface area contributed by atoms with Crippen molar-refractivity contribution in [1.29, 1.82) is 0 Å². The van der Waals surface area contributed by atoms with Crippen molar-refractivity contribution in [3.05, 3.63) is 88.7 Å². The van der Waals surface area contributed by atoms with Crippen LogP contribution in [0, 0.1) is 30.6 Å². The molecule has 11 atom stereocenters. The fraction of sp³-hybridized carbons (Fsp3) is 0.458. The summed E-state index contributed by atoms with van der Waals surface area (Å²) < 4.78 is 23.6. The highest BCUT2D eigenvalue weighted by atomic mass is 16.7. The number of hydrogen-bond donors (Lipinski definition) is 7. The van der Waals surface area contributed by atoms with Crippen molar-refractivity contribution < 1.29 is 64.0 Å². The second-order valence-corrected chi connectivity index (χ2v) is 17.0. The maximum absolute atomic E-state index is 14.5. The molecule has 3 aromatic carbocycles. The van der Waals surface area contributed by atoms with E-state index in [0.717, 1.165) is 6.21 Å². The molecule has 16 nitrogen and oxygen atoms in total. The topological polar surface area (TPSA) is 237 Å². The lowest BCUT2D eigenvalue weighted by Gasteiger charge is -2.38. The first-order valence-electron chi connectivity index (χ1n) is 21.2. The fourth-order valence-corrected chi connectivity index (χ4v) is 8.26. The Bertz CT molecular complexity index is 2360. The lowest BCUT2D eigenvalue weighted by Crippen LogP contribution is -2.46. The molecule has 6 rings (SSSR count). The minimum Gasteiger partial charge on any atom is -0.507 e. The molecule has 0 saturated heterocycles. The van der Waals surface area contributed by atoms with E-state index < -0.39 is 101 Å². The van der Waals surface area contributed by atoms with Gasteiger partial charge in [-0.3, -0.25) is 19.4 Å². The van der Waals surface area contributed by atoms with Gasteiger partial charge in [-0.25, -0.2) is 0 Å². The van der Waals surface area contributed by atoms with Crippen LogP contribution in [0.1, 0.15) is 88.5 Å². The third-order valence-corrected chi connectivity index (χ3v) is 12.6. The summed E-state index contributed by atoms with van der Waals surface area (Å²) >= 11 is 0. The van der Waals surface area contributed by atoms with Gasteiger partial charge in [-0.2, -0.15) is 5.10 Å². The number of phenols is 3. The predicted molar refractivity (Wildman–Crippen MR) is 240 cm³/mol. The van der Waals surface area contributed by atoms with E-state index in [0.29, 0.717) is 5.56 Å². The number of esters is 1. The number of likely N-dealkylation sites (N-methyl/N-ethyl adjacent to an activating group) is 1. The number of ether oxygens (including phenoxy) is 4. The molecule has 2 unspecified atom stereocenters. The molecular weight excluding hydrogens is 827 g/mol. The standard InChI is InChI=1S/C48H61N3O13/c1-23-16-15-17-24(2)47(60)50-37-32(22-49-51(10)29(7)41(56)31-18-13-12-14-19-31)42(57)34-35(43(37)58)40(55)28(6)45-36(34)46(59)48(9,64-45)62-21-20-33(61-11)25(3)44(63-30(8)52)27(5)39(54)26(4)38(23)53/h12-23,25-27,29,33,38-39,41,44,53-58H,1-11H3,(H,50,60)/b16-15+,21-20+,24-17-,49-22?/t23-,25+,26+,27+,29?,33-,38-,39+,41?,44+,48-/m0/s1. The first kappa shape index (κ1) is 49.1. The van der Waals surface area contributed by atoms with Crippen LogP contribution in [0.4, 0.5) is 5.69 Å². The van der Waals surface area contributed by atoms with Crippen molar-refractivity contribution >= 4 is 40.3 Å². The van der Waals surface area contributed by atoms with E-state index in [1.165, 1.54) is 58.2 Å². The quantitative estimate of drug-likeness (QED) is 0.0464. The number of Topliss-reactive ketones (excluding diaryl/α,β-unsaturated/α-hetero) is 1. The normalized spacial score (nSPS) is 29.6. The molecule has 0 aliphatic carbocycles. The highest BCUT2D eigenvalue weighted by Gasteiger charge is 2.50. The van der Waals surface area contributed by atoms with Gasteiger partial charge in [0.25, 0.3) is 11.7 Å². The number of hydrogen-bond acceptors (Lipinski definition) is 15. The molecule has 3 aliphatic rings. The van der Waals surface area contributed by atoms with Crippen molar-refractivity contribution in [2.24, 2.45) is 28.8 Å². The number of allylic oxidation sites excluding steroid dienone is 2. The van der Waals surface area contributed by atoms with Gasteiger partial charge in [-0.1, -0.05) is 76.3 Å². The van der Waals surface area contributed by atoms with Crippen LogP contribution in [0.15, 0.2) is 71.6 Å². The molecule has 0 fully saturated rings. The van der Waals surface area contributed by atoms with Gasteiger partial charge in [0.15, 0.2) is 5.75 Å². The van der Waals surface area contributed by atoms with Gasteiger partial charge < -0.3 is 54.9 Å². The highest BCUT2D eigenvalue weighted by molar-refractivity contribution is 6.23. The second kappa shape index (κ2) is 19.8. The molecule has 7 N–H and O–H groups in total. The number of benzene rings is 3. The number of nitrogens with zero attached hydrogens (tertiary/aromatic N) is 2. The summed E-state index contributed by atoms with van der Waals surface area (Å²) in [5.41, 5.74) is -0.0862. The van der Waals surface area contributed by atoms with E-state index in [1.54, 1.807) is 78.1 Å². The average molecular weight is 888 g/mol. The van der Waals surface area contributed by atoms with Crippen LogP contribution in [0.2, 0.25) is 0 Å². The Morgan fingerprint density at radius 1 is 0.953 bits per heavy atom. The van der Waals surface area contributed by atoms with Gasteiger partial charge in [0, 0.05) is 68.2 Å². The van der Waals surface area contributed by atoms with Gasteiger partial charge in [0.05, 0.1) is 59.0 Å². The summed E-state index contributed by atoms with van der Waals surface area (Å²) in [5, 5.41) is 77.8. The van der Waals surface area contributed by atoms with Gasteiger partial charge in [-0.15, -0.1) is 0 Å². The summed E-state index contributed by atoms with van der Waals surface area (Å²) in [6.07, 6.45) is 3.51. The van der Waals surface area contributed by atoms with Crippen LogP contribution >= 0.6 is 0 Å². The number of anilines is 1. The lowest BCUT2D eigenvalue weighted by molar-refractivity contribution is -0.160. The van der Waals surface area contributed by atoms with Crippen molar-refractivity contribution in [3.8, 4) is 23.0 Å². The number of rotatable bonds is 7.